The minimum atomic E-state index is -0.816. The van der Waals surface area contributed by atoms with Gasteiger partial charge in [-0.05, 0) is 58.0 Å². The van der Waals surface area contributed by atoms with Crippen LogP contribution >= 0.6 is 0 Å². The van der Waals surface area contributed by atoms with E-state index >= 15 is 0 Å². The zero-order valence-corrected chi connectivity index (χ0v) is 18.7. The third kappa shape index (κ3) is 3.93. The van der Waals surface area contributed by atoms with Crippen molar-refractivity contribution >= 4 is 23.4 Å². The molecule has 2 saturated heterocycles. The summed E-state index contributed by atoms with van der Waals surface area (Å²) in [6.45, 7) is 6.37. The lowest BCUT2D eigenvalue weighted by molar-refractivity contribution is -0.125. The van der Waals surface area contributed by atoms with Gasteiger partial charge in [0.1, 0.15) is 6.04 Å². The standard InChI is InChI=1S/C24H28N6O3/c1-15-6-7-20(22(31)27-15)30-23(32)18-4-3-5-19(21(18)24(30)33)25-12-16-13-26-29(14-16)17-8-10-28(2)11-9-17/h3-5,13-14,17,20,25H,1,6-12H2,2H3,(H,27,31). The SMILES string of the molecule is C=C1CCC(N2C(=O)c3cccc(NCc4cnn(C5CCN(C)CC5)c4)c3C2=O)C(=O)N1. The number of fused-ring (bicyclic) bond motifs is 1. The third-order valence-electron chi connectivity index (χ3n) is 6.78. The molecule has 0 spiro atoms. The molecule has 0 bridgehead atoms. The number of piperidine rings is 2. The third-order valence-corrected chi connectivity index (χ3v) is 6.78. The average molecular weight is 449 g/mol. The van der Waals surface area contributed by atoms with E-state index in [0.29, 0.717) is 47.9 Å². The fourth-order valence-electron chi connectivity index (χ4n) is 4.87. The van der Waals surface area contributed by atoms with Crippen LogP contribution in [0.25, 0.3) is 0 Å². The van der Waals surface area contributed by atoms with Crippen LogP contribution in [0.15, 0.2) is 42.9 Å². The van der Waals surface area contributed by atoms with Crippen LogP contribution in [-0.4, -0.2) is 63.5 Å². The Hall–Kier alpha value is -3.46. The van der Waals surface area contributed by atoms with Gasteiger partial charge in [0.2, 0.25) is 5.91 Å². The summed E-state index contributed by atoms with van der Waals surface area (Å²) in [6.07, 6.45) is 6.96. The molecule has 3 amide bonds. The van der Waals surface area contributed by atoms with Gasteiger partial charge in [-0.2, -0.15) is 5.10 Å². The summed E-state index contributed by atoms with van der Waals surface area (Å²) < 4.78 is 2.03. The maximum atomic E-state index is 13.2. The zero-order valence-electron chi connectivity index (χ0n) is 18.7. The fourth-order valence-corrected chi connectivity index (χ4v) is 4.87. The lowest BCUT2D eigenvalue weighted by Gasteiger charge is -2.29. The molecule has 5 rings (SSSR count). The van der Waals surface area contributed by atoms with Gasteiger partial charge >= 0.3 is 0 Å². The van der Waals surface area contributed by atoms with Crippen molar-refractivity contribution in [2.45, 2.75) is 44.3 Å². The number of carbonyl (C=O) groups excluding carboxylic acids is 3. The number of likely N-dealkylation sites (tertiary alicyclic amines) is 1. The number of nitrogens with one attached hydrogen (secondary N) is 2. The highest BCUT2D eigenvalue weighted by molar-refractivity contribution is 6.25. The van der Waals surface area contributed by atoms with Crippen LogP contribution in [0.4, 0.5) is 5.69 Å². The van der Waals surface area contributed by atoms with Crippen molar-refractivity contribution < 1.29 is 14.4 Å². The number of nitrogens with zero attached hydrogens (tertiary/aromatic N) is 4. The molecule has 3 aliphatic rings. The molecule has 9 heteroatoms. The second kappa shape index (κ2) is 8.47. The molecule has 1 atom stereocenters. The fraction of sp³-hybridized carbons (Fsp3) is 0.417. The van der Waals surface area contributed by atoms with Gasteiger partial charge in [-0.1, -0.05) is 12.6 Å². The van der Waals surface area contributed by atoms with Crippen LogP contribution in [0.1, 0.15) is 58.0 Å². The van der Waals surface area contributed by atoms with Crippen LogP contribution in [-0.2, 0) is 11.3 Å². The first-order chi connectivity index (χ1) is 15.9. The molecule has 3 aliphatic heterocycles. The Balaban J connectivity index is 1.31. The topological polar surface area (TPSA) is 99.6 Å². The first-order valence-corrected chi connectivity index (χ1v) is 11.4. The number of aromatic nitrogens is 2. The van der Waals surface area contributed by atoms with Gasteiger partial charge in [0, 0.05) is 29.7 Å². The lowest BCUT2D eigenvalue weighted by Crippen LogP contribution is -2.51. The van der Waals surface area contributed by atoms with Crippen molar-refractivity contribution in [3.05, 3.63) is 59.6 Å². The van der Waals surface area contributed by atoms with Crippen molar-refractivity contribution in [3.63, 3.8) is 0 Å². The molecule has 2 aromatic rings. The molecule has 2 fully saturated rings. The number of hydrogen-bond acceptors (Lipinski definition) is 6. The smallest absolute Gasteiger partial charge is 0.264 e. The van der Waals surface area contributed by atoms with Gasteiger partial charge in [-0.3, -0.25) is 24.0 Å². The molecular weight excluding hydrogens is 420 g/mol. The Morgan fingerprint density at radius 3 is 2.70 bits per heavy atom. The number of imide groups is 1. The highest BCUT2D eigenvalue weighted by Crippen LogP contribution is 2.33. The minimum absolute atomic E-state index is 0.322. The van der Waals surface area contributed by atoms with Gasteiger partial charge in [-0.25, -0.2) is 0 Å². The Bertz CT molecular complexity index is 1130. The normalized spacial score (nSPS) is 22.0. The van der Waals surface area contributed by atoms with Crippen LogP contribution in [0.2, 0.25) is 0 Å². The molecule has 0 radical (unpaired) electrons. The van der Waals surface area contributed by atoms with E-state index in [1.165, 1.54) is 0 Å². The van der Waals surface area contributed by atoms with E-state index < -0.39 is 17.9 Å². The van der Waals surface area contributed by atoms with E-state index in [1.807, 2.05) is 17.1 Å². The summed E-state index contributed by atoms with van der Waals surface area (Å²) in [6, 6.07) is 4.77. The van der Waals surface area contributed by atoms with Gasteiger partial charge in [0.25, 0.3) is 11.8 Å². The number of benzene rings is 1. The maximum Gasteiger partial charge on any atom is 0.264 e. The number of allylic oxidation sites excluding steroid dienone is 1. The number of rotatable bonds is 5. The molecule has 2 N–H and O–H groups in total. The van der Waals surface area contributed by atoms with Crippen molar-refractivity contribution in [3.8, 4) is 0 Å². The van der Waals surface area contributed by atoms with Crippen LogP contribution in [0.3, 0.4) is 0 Å². The number of carbonyl (C=O) groups is 3. The molecule has 1 unspecified atom stereocenters. The van der Waals surface area contributed by atoms with E-state index in [4.69, 9.17) is 0 Å². The molecule has 0 saturated carbocycles. The molecule has 33 heavy (non-hydrogen) atoms. The summed E-state index contributed by atoms with van der Waals surface area (Å²) in [5, 5.41) is 10.5. The Morgan fingerprint density at radius 2 is 1.94 bits per heavy atom. The Morgan fingerprint density at radius 1 is 1.15 bits per heavy atom. The zero-order chi connectivity index (χ0) is 23.1. The second-order valence-corrected chi connectivity index (χ2v) is 9.07. The van der Waals surface area contributed by atoms with Crippen molar-refractivity contribution in [2.24, 2.45) is 0 Å². The molecule has 1 aromatic heterocycles. The largest absolute Gasteiger partial charge is 0.380 e. The van der Waals surface area contributed by atoms with Gasteiger partial charge in [0.15, 0.2) is 0 Å². The van der Waals surface area contributed by atoms with Crippen molar-refractivity contribution in [2.75, 3.05) is 25.5 Å². The predicted octanol–water partition coefficient (Wildman–Crippen LogP) is 2.15. The molecular formula is C24H28N6O3. The maximum absolute atomic E-state index is 13.2. The van der Waals surface area contributed by atoms with E-state index in [0.717, 1.165) is 36.4 Å². The van der Waals surface area contributed by atoms with Gasteiger partial charge < -0.3 is 15.5 Å². The Labute approximate surface area is 192 Å². The second-order valence-electron chi connectivity index (χ2n) is 9.07. The summed E-state index contributed by atoms with van der Waals surface area (Å²) in [7, 11) is 2.14. The van der Waals surface area contributed by atoms with E-state index in [-0.39, 0.29) is 5.91 Å². The summed E-state index contributed by atoms with van der Waals surface area (Å²) in [4.78, 5) is 42.1. The van der Waals surface area contributed by atoms with Crippen LogP contribution in [0.5, 0.6) is 0 Å². The average Bonchev–Trinajstić information content (AvgIpc) is 3.37. The quantitative estimate of drug-likeness (QED) is 0.680. The minimum Gasteiger partial charge on any atom is -0.380 e. The van der Waals surface area contributed by atoms with E-state index in [9.17, 15) is 14.4 Å². The number of hydrogen-bond donors (Lipinski definition) is 2. The number of anilines is 1. The molecule has 1 aromatic carbocycles. The first kappa shape index (κ1) is 21.4. The van der Waals surface area contributed by atoms with Crippen LogP contribution < -0.4 is 10.6 Å². The first-order valence-electron chi connectivity index (χ1n) is 11.4. The molecule has 4 heterocycles. The molecule has 9 nitrogen and oxygen atoms in total. The van der Waals surface area contributed by atoms with Gasteiger partial charge in [-0.15, -0.1) is 0 Å². The monoisotopic (exact) mass is 448 g/mol. The molecule has 172 valence electrons. The predicted molar refractivity (Wildman–Crippen MR) is 123 cm³/mol. The highest BCUT2D eigenvalue weighted by Gasteiger charge is 2.45. The van der Waals surface area contributed by atoms with Crippen molar-refractivity contribution in [1.29, 1.82) is 0 Å². The van der Waals surface area contributed by atoms with Gasteiger partial charge in [0.05, 0.1) is 23.4 Å². The van der Waals surface area contributed by atoms with E-state index in [1.54, 1.807) is 18.2 Å². The lowest BCUT2D eigenvalue weighted by atomic mass is 10.0. The molecule has 0 aliphatic carbocycles. The Kier molecular flexibility index (Phi) is 5.49. The highest BCUT2D eigenvalue weighted by atomic mass is 16.2. The number of amides is 3. The van der Waals surface area contributed by atoms with Crippen molar-refractivity contribution in [1.82, 2.24) is 24.9 Å². The van der Waals surface area contributed by atoms with E-state index in [2.05, 4.69) is 34.3 Å². The summed E-state index contributed by atoms with van der Waals surface area (Å²) in [5.41, 5.74) is 2.84. The summed E-state index contributed by atoms with van der Waals surface area (Å²) >= 11 is 0. The van der Waals surface area contributed by atoms with Crippen LogP contribution in [0, 0.1) is 0 Å². The summed E-state index contributed by atoms with van der Waals surface area (Å²) in [5.74, 6) is -1.23.